The Kier molecular flexibility index (Phi) is 2.27. The van der Waals surface area contributed by atoms with Crippen molar-refractivity contribution >= 4 is 17.0 Å². The van der Waals surface area contributed by atoms with Crippen LogP contribution in [0, 0.1) is 0 Å². The number of nitrogens with zero attached hydrogens (tertiary/aromatic N) is 2. The molecule has 0 aromatic carbocycles. The summed E-state index contributed by atoms with van der Waals surface area (Å²) in [5.41, 5.74) is 7.00. The molecular formula is C12H15N3O. The van der Waals surface area contributed by atoms with E-state index in [1.807, 2.05) is 6.07 Å². The zero-order chi connectivity index (χ0) is 11.0. The fourth-order valence-electron chi connectivity index (χ4n) is 2.37. The van der Waals surface area contributed by atoms with Gasteiger partial charge in [-0.05, 0) is 25.0 Å². The van der Waals surface area contributed by atoms with Gasteiger partial charge in [0.05, 0.1) is 0 Å². The second-order valence-corrected chi connectivity index (χ2v) is 4.45. The summed E-state index contributed by atoms with van der Waals surface area (Å²) < 4.78 is 5.69. The maximum atomic E-state index is 5.69. The molecule has 0 aliphatic heterocycles. The largest absolute Gasteiger partial charge is 0.422 e. The van der Waals surface area contributed by atoms with Crippen molar-refractivity contribution in [2.75, 3.05) is 5.73 Å². The van der Waals surface area contributed by atoms with Crippen LogP contribution >= 0.6 is 0 Å². The van der Waals surface area contributed by atoms with E-state index in [0.29, 0.717) is 17.4 Å². The number of rotatable bonds is 1. The van der Waals surface area contributed by atoms with Gasteiger partial charge in [-0.1, -0.05) is 19.3 Å². The quantitative estimate of drug-likeness (QED) is 0.797. The lowest BCUT2D eigenvalue weighted by Crippen LogP contribution is -2.04. The molecule has 3 rings (SSSR count). The summed E-state index contributed by atoms with van der Waals surface area (Å²) in [5.74, 6) is 1.80. The van der Waals surface area contributed by atoms with Crippen molar-refractivity contribution in [3.05, 3.63) is 18.0 Å². The minimum Gasteiger partial charge on any atom is -0.422 e. The van der Waals surface area contributed by atoms with E-state index in [-0.39, 0.29) is 0 Å². The molecular weight excluding hydrogens is 202 g/mol. The van der Waals surface area contributed by atoms with Gasteiger partial charge in [0.2, 0.25) is 11.6 Å². The summed E-state index contributed by atoms with van der Waals surface area (Å²) in [6, 6.07) is 3.63. The standard InChI is InChI=1S/C12H15N3O/c13-10-7-6-9-12(15-10)16-11(14-9)8-4-2-1-3-5-8/h6-8H,1-5H2,(H2,13,15). The lowest BCUT2D eigenvalue weighted by Gasteiger charge is -2.17. The number of aromatic nitrogens is 2. The Labute approximate surface area is 93.9 Å². The molecule has 4 heteroatoms. The normalized spacial score (nSPS) is 18.0. The van der Waals surface area contributed by atoms with Gasteiger partial charge in [-0.2, -0.15) is 4.98 Å². The number of hydrogen-bond acceptors (Lipinski definition) is 4. The molecule has 0 bridgehead atoms. The highest BCUT2D eigenvalue weighted by molar-refractivity contribution is 5.70. The first-order valence-corrected chi connectivity index (χ1v) is 5.86. The van der Waals surface area contributed by atoms with E-state index in [2.05, 4.69) is 9.97 Å². The molecule has 0 radical (unpaired) electrons. The third kappa shape index (κ3) is 1.64. The molecule has 84 valence electrons. The van der Waals surface area contributed by atoms with Crippen molar-refractivity contribution in [3.8, 4) is 0 Å². The van der Waals surface area contributed by atoms with Crippen molar-refractivity contribution in [3.63, 3.8) is 0 Å². The molecule has 1 aliphatic carbocycles. The van der Waals surface area contributed by atoms with Crippen LogP contribution in [0.1, 0.15) is 43.9 Å². The lowest BCUT2D eigenvalue weighted by atomic mass is 9.89. The first-order chi connectivity index (χ1) is 7.83. The van der Waals surface area contributed by atoms with E-state index in [0.717, 1.165) is 11.4 Å². The third-order valence-corrected chi connectivity index (χ3v) is 3.25. The Morgan fingerprint density at radius 3 is 2.75 bits per heavy atom. The molecule has 2 aromatic rings. The molecule has 0 spiro atoms. The number of hydrogen-bond donors (Lipinski definition) is 1. The van der Waals surface area contributed by atoms with Crippen LogP contribution in [0.25, 0.3) is 11.2 Å². The van der Waals surface area contributed by atoms with Crippen LogP contribution in [0.15, 0.2) is 16.5 Å². The Balaban J connectivity index is 1.97. The van der Waals surface area contributed by atoms with Crippen LogP contribution in [-0.4, -0.2) is 9.97 Å². The Bertz CT molecular complexity index is 500. The van der Waals surface area contributed by atoms with Gasteiger partial charge >= 0.3 is 0 Å². The average molecular weight is 217 g/mol. The first kappa shape index (κ1) is 9.63. The molecule has 0 atom stereocenters. The van der Waals surface area contributed by atoms with E-state index < -0.39 is 0 Å². The molecule has 1 aliphatic rings. The number of anilines is 1. The van der Waals surface area contributed by atoms with Crippen molar-refractivity contribution in [1.82, 2.24) is 9.97 Å². The number of oxazole rings is 1. The van der Waals surface area contributed by atoms with Crippen molar-refractivity contribution in [2.24, 2.45) is 0 Å². The van der Waals surface area contributed by atoms with Gasteiger partial charge in [0.25, 0.3) is 0 Å². The molecule has 2 heterocycles. The van der Waals surface area contributed by atoms with Gasteiger partial charge in [-0.3, -0.25) is 0 Å². The van der Waals surface area contributed by atoms with E-state index in [4.69, 9.17) is 10.2 Å². The number of nitrogen functional groups attached to an aromatic ring is 1. The number of pyridine rings is 1. The highest BCUT2D eigenvalue weighted by Gasteiger charge is 2.21. The van der Waals surface area contributed by atoms with Gasteiger partial charge in [0, 0.05) is 5.92 Å². The molecule has 0 amide bonds. The summed E-state index contributed by atoms with van der Waals surface area (Å²) in [6.45, 7) is 0. The minimum absolute atomic E-state index is 0.476. The van der Waals surface area contributed by atoms with Crippen LogP contribution in [0.5, 0.6) is 0 Å². The summed E-state index contributed by atoms with van der Waals surface area (Å²) in [5, 5.41) is 0. The molecule has 1 saturated carbocycles. The highest BCUT2D eigenvalue weighted by atomic mass is 16.4. The van der Waals surface area contributed by atoms with E-state index >= 15 is 0 Å². The molecule has 1 fully saturated rings. The summed E-state index contributed by atoms with van der Waals surface area (Å²) in [7, 11) is 0. The van der Waals surface area contributed by atoms with Gasteiger partial charge in [0.15, 0.2) is 0 Å². The highest BCUT2D eigenvalue weighted by Crippen LogP contribution is 2.33. The summed E-state index contributed by atoms with van der Waals surface area (Å²) in [4.78, 5) is 8.63. The number of fused-ring (bicyclic) bond motifs is 1. The fraction of sp³-hybridized carbons (Fsp3) is 0.500. The van der Waals surface area contributed by atoms with Gasteiger partial charge in [-0.25, -0.2) is 4.98 Å². The van der Waals surface area contributed by atoms with Crippen molar-refractivity contribution in [1.29, 1.82) is 0 Å². The monoisotopic (exact) mass is 217 g/mol. The van der Waals surface area contributed by atoms with Crippen LogP contribution in [0.2, 0.25) is 0 Å². The van der Waals surface area contributed by atoms with E-state index in [1.165, 1.54) is 32.1 Å². The third-order valence-electron chi connectivity index (χ3n) is 3.25. The smallest absolute Gasteiger partial charge is 0.248 e. The van der Waals surface area contributed by atoms with Gasteiger partial charge < -0.3 is 10.2 Å². The van der Waals surface area contributed by atoms with E-state index in [9.17, 15) is 0 Å². The SMILES string of the molecule is Nc1ccc2nc(C3CCCCC3)oc2n1. The average Bonchev–Trinajstić information content (AvgIpc) is 2.73. The molecule has 2 aromatic heterocycles. The molecule has 16 heavy (non-hydrogen) atoms. The van der Waals surface area contributed by atoms with Crippen LogP contribution < -0.4 is 5.73 Å². The lowest BCUT2D eigenvalue weighted by molar-refractivity contribution is 0.372. The van der Waals surface area contributed by atoms with Crippen molar-refractivity contribution in [2.45, 2.75) is 38.0 Å². The predicted octanol–water partition coefficient (Wildman–Crippen LogP) is 2.85. The second kappa shape index (κ2) is 3.77. The maximum absolute atomic E-state index is 5.69. The van der Waals surface area contributed by atoms with Crippen LogP contribution in [-0.2, 0) is 0 Å². The Morgan fingerprint density at radius 2 is 1.94 bits per heavy atom. The van der Waals surface area contributed by atoms with Crippen LogP contribution in [0.4, 0.5) is 5.82 Å². The maximum Gasteiger partial charge on any atom is 0.248 e. The Morgan fingerprint density at radius 1 is 1.12 bits per heavy atom. The second-order valence-electron chi connectivity index (χ2n) is 4.45. The molecule has 0 saturated heterocycles. The molecule has 2 N–H and O–H groups in total. The summed E-state index contributed by atoms with van der Waals surface area (Å²) >= 11 is 0. The predicted molar refractivity (Wildman–Crippen MR) is 62.0 cm³/mol. The summed E-state index contributed by atoms with van der Waals surface area (Å²) in [6.07, 6.45) is 6.25. The zero-order valence-corrected chi connectivity index (χ0v) is 9.15. The van der Waals surface area contributed by atoms with Gasteiger partial charge in [0.1, 0.15) is 11.3 Å². The number of nitrogens with two attached hydrogens (primary N) is 1. The van der Waals surface area contributed by atoms with Crippen LogP contribution in [0.3, 0.4) is 0 Å². The molecule has 4 nitrogen and oxygen atoms in total. The first-order valence-electron chi connectivity index (χ1n) is 5.86. The van der Waals surface area contributed by atoms with E-state index in [1.54, 1.807) is 6.07 Å². The van der Waals surface area contributed by atoms with Crippen molar-refractivity contribution < 1.29 is 4.42 Å². The fourth-order valence-corrected chi connectivity index (χ4v) is 2.37. The topological polar surface area (TPSA) is 64.9 Å². The minimum atomic E-state index is 0.476. The zero-order valence-electron chi connectivity index (χ0n) is 9.15. The molecule has 0 unspecified atom stereocenters. The Hall–Kier alpha value is -1.58. The van der Waals surface area contributed by atoms with Gasteiger partial charge in [-0.15, -0.1) is 0 Å².